The van der Waals surface area contributed by atoms with Crippen LogP contribution < -0.4 is 14.8 Å². The number of likely N-dealkylation sites (tertiary alicyclic amines) is 1. The Labute approximate surface area is 191 Å². The van der Waals surface area contributed by atoms with Crippen LogP contribution >= 0.6 is 11.6 Å². The smallest absolute Gasteiger partial charge is 0.162 e. The van der Waals surface area contributed by atoms with Crippen LogP contribution in [0.15, 0.2) is 36.7 Å². The minimum absolute atomic E-state index is 0.0280. The summed E-state index contributed by atoms with van der Waals surface area (Å²) >= 11 is 5.90. The van der Waals surface area contributed by atoms with Crippen LogP contribution in [-0.2, 0) is 0 Å². The second-order valence-corrected chi connectivity index (χ2v) is 8.20. The van der Waals surface area contributed by atoms with Gasteiger partial charge in [0.1, 0.15) is 18.0 Å². The quantitative estimate of drug-likeness (QED) is 0.482. The van der Waals surface area contributed by atoms with E-state index >= 15 is 0 Å². The number of hydrogen-bond donors (Lipinski definition) is 2. The third kappa shape index (κ3) is 5.38. The van der Waals surface area contributed by atoms with Gasteiger partial charge in [-0.25, -0.2) is 14.4 Å². The van der Waals surface area contributed by atoms with E-state index in [4.69, 9.17) is 21.1 Å². The monoisotopic (exact) mass is 460 g/mol. The van der Waals surface area contributed by atoms with Gasteiger partial charge < -0.3 is 24.8 Å². The van der Waals surface area contributed by atoms with E-state index in [0.717, 1.165) is 44.3 Å². The molecule has 1 fully saturated rings. The van der Waals surface area contributed by atoms with Crippen molar-refractivity contribution in [2.75, 3.05) is 38.7 Å². The largest absolute Gasteiger partial charge is 0.493 e. The highest BCUT2D eigenvalue weighted by atomic mass is 35.5. The number of aliphatic hydroxyl groups is 1. The number of methoxy groups -OCH3 is 1. The van der Waals surface area contributed by atoms with Crippen LogP contribution in [0.25, 0.3) is 10.9 Å². The lowest BCUT2D eigenvalue weighted by molar-refractivity contribution is 0.0678. The molecule has 2 aromatic carbocycles. The van der Waals surface area contributed by atoms with Gasteiger partial charge in [0, 0.05) is 30.2 Å². The Morgan fingerprint density at radius 3 is 2.91 bits per heavy atom. The van der Waals surface area contributed by atoms with Crippen LogP contribution in [0, 0.1) is 5.82 Å². The first-order valence-corrected chi connectivity index (χ1v) is 11.0. The van der Waals surface area contributed by atoms with Crippen molar-refractivity contribution >= 4 is 34.0 Å². The Morgan fingerprint density at radius 1 is 1.25 bits per heavy atom. The Morgan fingerprint density at radius 2 is 2.12 bits per heavy atom. The molecule has 32 heavy (non-hydrogen) atoms. The van der Waals surface area contributed by atoms with Gasteiger partial charge in [0.2, 0.25) is 0 Å². The highest BCUT2D eigenvalue weighted by molar-refractivity contribution is 6.31. The van der Waals surface area contributed by atoms with Crippen molar-refractivity contribution in [3.05, 3.63) is 47.5 Å². The second kappa shape index (κ2) is 10.3. The maximum absolute atomic E-state index is 13.5. The zero-order valence-electron chi connectivity index (χ0n) is 17.9. The summed E-state index contributed by atoms with van der Waals surface area (Å²) in [7, 11) is 1.59. The molecule has 1 unspecified atom stereocenters. The zero-order valence-corrected chi connectivity index (χ0v) is 18.6. The fourth-order valence-electron chi connectivity index (χ4n) is 3.85. The number of halogens is 2. The van der Waals surface area contributed by atoms with E-state index in [1.165, 1.54) is 18.5 Å². The van der Waals surface area contributed by atoms with Crippen molar-refractivity contribution in [2.45, 2.75) is 25.4 Å². The number of rotatable bonds is 8. The summed E-state index contributed by atoms with van der Waals surface area (Å²) in [5.41, 5.74) is 1.29. The molecule has 9 heteroatoms. The Kier molecular flexibility index (Phi) is 7.24. The molecular formula is C23H26ClFN4O3. The SMILES string of the molecule is COc1cc2ncnc(Nc3ccc(F)c(Cl)c3)c2cc1OCCCN1CCCC(O)C1. The van der Waals surface area contributed by atoms with Crippen LogP contribution in [0.1, 0.15) is 19.3 Å². The van der Waals surface area contributed by atoms with Crippen LogP contribution in [0.4, 0.5) is 15.9 Å². The molecule has 1 aromatic heterocycles. The van der Waals surface area contributed by atoms with Crippen LogP contribution in [0.3, 0.4) is 0 Å². The number of anilines is 2. The van der Waals surface area contributed by atoms with Crippen molar-refractivity contribution in [1.29, 1.82) is 0 Å². The number of aromatic nitrogens is 2. The fourth-order valence-corrected chi connectivity index (χ4v) is 4.03. The van der Waals surface area contributed by atoms with E-state index in [0.29, 0.717) is 35.1 Å². The third-order valence-electron chi connectivity index (χ3n) is 5.46. The second-order valence-electron chi connectivity index (χ2n) is 7.80. The number of β-amino-alcohol motifs (C(OH)–C–C–N with tert-alkyl or cyclic N) is 1. The van der Waals surface area contributed by atoms with E-state index in [2.05, 4.69) is 20.2 Å². The van der Waals surface area contributed by atoms with Gasteiger partial charge in [-0.05, 0) is 50.1 Å². The molecule has 2 heterocycles. The minimum atomic E-state index is -0.482. The van der Waals surface area contributed by atoms with Gasteiger partial charge in [0.05, 0.1) is 30.4 Å². The summed E-state index contributed by atoms with van der Waals surface area (Å²) < 4.78 is 25.0. The molecule has 0 bridgehead atoms. The van der Waals surface area contributed by atoms with Crippen molar-refractivity contribution in [3.8, 4) is 11.5 Å². The van der Waals surface area contributed by atoms with Gasteiger partial charge in [-0.2, -0.15) is 0 Å². The summed E-state index contributed by atoms with van der Waals surface area (Å²) in [6, 6.07) is 8.03. The minimum Gasteiger partial charge on any atom is -0.493 e. The average Bonchev–Trinajstić information content (AvgIpc) is 2.79. The fraction of sp³-hybridized carbons (Fsp3) is 0.391. The summed E-state index contributed by atoms with van der Waals surface area (Å²) in [4.78, 5) is 10.9. The lowest BCUT2D eigenvalue weighted by Gasteiger charge is -2.29. The summed E-state index contributed by atoms with van der Waals surface area (Å²) in [6.45, 7) is 3.11. The van der Waals surface area contributed by atoms with Crippen molar-refractivity contribution in [3.63, 3.8) is 0 Å². The van der Waals surface area contributed by atoms with Crippen molar-refractivity contribution in [2.24, 2.45) is 0 Å². The van der Waals surface area contributed by atoms with Gasteiger partial charge >= 0.3 is 0 Å². The highest BCUT2D eigenvalue weighted by Gasteiger charge is 2.17. The van der Waals surface area contributed by atoms with Crippen molar-refractivity contribution in [1.82, 2.24) is 14.9 Å². The number of hydrogen-bond acceptors (Lipinski definition) is 7. The molecule has 1 atom stereocenters. The Balaban J connectivity index is 1.49. The van der Waals surface area contributed by atoms with Gasteiger partial charge in [-0.15, -0.1) is 0 Å². The summed E-state index contributed by atoms with van der Waals surface area (Å²) in [6.07, 6.45) is 3.95. The summed E-state index contributed by atoms with van der Waals surface area (Å²) in [5.74, 6) is 1.24. The van der Waals surface area contributed by atoms with Gasteiger partial charge in [0.15, 0.2) is 11.5 Å². The number of benzene rings is 2. The molecule has 0 radical (unpaired) electrons. The first-order chi connectivity index (χ1) is 15.5. The number of fused-ring (bicyclic) bond motifs is 1. The maximum atomic E-state index is 13.5. The van der Waals surface area contributed by atoms with E-state index in [1.807, 2.05) is 6.07 Å². The molecule has 0 amide bonds. The van der Waals surface area contributed by atoms with Gasteiger partial charge in [0.25, 0.3) is 0 Å². The van der Waals surface area contributed by atoms with E-state index in [9.17, 15) is 9.50 Å². The third-order valence-corrected chi connectivity index (χ3v) is 5.75. The molecular weight excluding hydrogens is 435 g/mol. The molecule has 0 saturated carbocycles. The lowest BCUT2D eigenvalue weighted by atomic mass is 10.1. The predicted octanol–water partition coefficient (Wildman–Crippen LogP) is 4.40. The van der Waals surface area contributed by atoms with Crippen LogP contribution in [0.5, 0.6) is 11.5 Å². The van der Waals surface area contributed by atoms with Gasteiger partial charge in [-0.1, -0.05) is 11.6 Å². The molecule has 1 saturated heterocycles. The summed E-state index contributed by atoms with van der Waals surface area (Å²) in [5, 5.41) is 13.7. The van der Waals surface area contributed by atoms with Crippen molar-refractivity contribution < 1.29 is 19.0 Å². The molecule has 2 N–H and O–H groups in total. The zero-order chi connectivity index (χ0) is 22.5. The lowest BCUT2D eigenvalue weighted by Crippen LogP contribution is -2.39. The normalized spacial score (nSPS) is 16.8. The molecule has 7 nitrogen and oxygen atoms in total. The standard InChI is InChI=1S/C23H26ClFN4O3/c1-31-21-12-20-17(11-22(21)32-9-3-8-29-7-2-4-16(30)13-29)23(27-14-26-20)28-15-5-6-19(25)18(24)10-15/h5-6,10-12,14,16,30H,2-4,7-9,13H2,1H3,(H,26,27,28). The van der Waals surface area contributed by atoms with E-state index < -0.39 is 5.82 Å². The van der Waals surface area contributed by atoms with E-state index in [-0.39, 0.29) is 11.1 Å². The molecule has 4 rings (SSSR count). The first-order valence-electron chi connectivity index (χ1n) is 10.6. The molecule has 1 aliphatic rings. The van der Waals surface area contributed by atoms with Crippen LogP contribution in [0.2, 0.25) is 5.02 Å². The molecule has 170 valence electrons. The Bertz CT molecular complexity index is 1080. The first kappa shape index (κ1) is 22.5. The highest BCUT2D eigenvalue weighted by Crippen LogP contribution is 2.35. The number of aliphatic hydroxyl groups excluding tert-OH is 1. The number of piperidine rings is 1. The number of nitrogens with zero attached hydrogens (tertiary/aromatic N) is 3. The van der Waals surface area contributed by atoms with E-state index in [1.54, 1.807) is 19.2 Å². The Hall–Kier alpha value is -2.68. The predicted molar refractivity (Wildman–Crippen MR) is 123 cm³/mol. The molecule has 0 spiro atoms. The number of ether oxygens (including phenoxy) is 2. The molecule has 1 aliphatic heterocycles. The van der Waals surface area contributed by atoms with Crippen LogP contribution in [-0.4, -0.2) is 59.4 Å². The topological polar surface area (TPSA) is 79.7 Å². The molecule has 3 aromatic rings. The number of nitrogens with one attached hydrogen (secondary N) is 1. The molecule has 0 aliphatic carbocycles. The average molecular weight is 461 g/mol. The van der Waals surface area contributed by atoms with Gasteiger partial charge in [-0.3, -0.25) is 0 Å². The maximum Gasteiger partial charge on any atom is 0.162 e.